The summed E-state index contributed by atoms with van der Waals surface area (Å²) in [6.07, 6.45) is -0.114. The quantitative estimate of drug-likeness (QED) is 0.729. The van der Waals surface area contributed by atoms with E-state index in [9.17, 15) is 14.0 Å². The lowest BCUT2D eigenvalue weighted by atomic mass is 10.1. The van der Waals surface area contributed by atoms with E-state index in [2.05, 4.69) is 21.2 Å². The first kappa shape index (κ1) is 21.3. The number of halogens is 2. The molecule has 1 aliphatic rings. The number of carbonyl (C=O) groups is 2. The Bertz CT molecular complexity index is 898. The third-order valence-electron chi connectivity index (χ3n) is 4.39. The Morgan fingerprint density at radius 2 is 1.90 bits per heavy atom. The predicted molar refractivity (Wildman–Crippen MR) is 111 cm³/mol. The van der Waals surface area contributed by atoms with Gasteiger partial charge in [-0.2, -0.15) is 0 Å². The smallest absolute Gasteiger partial charge is 0.262 e. The average Bonchev–Trinajstić information content (AvgIpc) is 2.66. The maximum atomic E-state index is 13.8. The highest BCUT2D eigenvalue weighted by molar-refractivity contribution is 9.10. The van der Waals surface area contributed by atoms with E-state index < -0.39 is 11.7 Å². The number of para-hydroxylation sites is 1. The molecule has 3 rings (SSSR count). The first-order chi connectivity index (χ1) is 13.8. The third-order valence-corrected chi connectivity index (χ3v) is 4.88. The summed E-state index contributed by atoms with van der Waals surface area (Å²) in [7, 11) is 0. The van der Waals surface area contributed by atoms with E-state index in [-0.39, 0.29) is 30.5 Å². The summed E-state index contributed by atoms with van der Waals surface area (Å²) < 4.78 is 25.3. The Morgan fingerprint density at radius 3 is 2.59 bits per heavy atom. The van der Waals surface area contributed by atoms with E-state index in [1.165, 1.54) is 12.1 Å². The molecule has 0 saturated carbocycles. The van der Waals surface area contributed by atoms with Gasteiger partial charge in [0.15, 0.2) is 18.2 Å². The number of carbonyl (C=O) groups excluding carboxylic acids is 2. The number of nitrogens with zero attached hydrogens (tertiary/aromatic N) is 1. The second kappa shape index (κ2) is 9.37. The highest BCUT2D eigenvalue weighted by atomic mass is 79.9. The predicted octanol–water partition coefficient (Wildman–Crippen LogP) is 3.86. The minimum absolute atomic E-state index is 0.0241. The van der Waals surface area contributed by atoms with Gasteiger partial charge in [0.25, 0.3) is 11.8 Å². The van der Waals surface area contributed by atoms with E-state index >= 15 is 0 Å². The van der Waals surface area contributed by atoms with Crippen LogP contribution in [0.3, 0.4) is 0 Å². The molecule has 0 bridgehead atoms. The molecular formula is C21H22BrFN2O4. The number of morpholine rings is 1. The molecule has 154 valence electrons. The zero-order valence-electron chi connectivity index (χ0n) is 16.2. The van der Waals surface area contributed by atoms with Crippen molar-refractivity contribution in [3.63, 3.8) is 0 Å². The van der Waals surface area contributed by atoms with Crippen LogP contribution in [0.1, 0.15) is 24.2 Å². The normalized spacial score (nSPS) is 19.0. The maximum Gasteiger partial charge on any atom is 0.262 e. The molecule has 2 aromatic carbocycles. The molecule has 1 fully saturated rings. The molecular weight excluding hydrogens is 443 g/mol. The number of ether oxygens (including phenoxy) is 2. The van der Waals surface area contributed by atoms with Crippen LogP contribution in [-0.2, 0) is 9.53 Å². The van der Waals surface area contributed by atoms with Gasteiger partial charge in [-0.3, -0.25) is 9.59 Å². The van der Waals surface area contributed by atoms with Gasteiger partial charge >= 0.3 is 0 Å². The summed E-state index contributed by atoms with van der Waals surface area (Å²) in [5.74, 6) is -1.26. The molecule has 8 heteroatoms. The molecule has 2 unspecified atom stereocenters. The number of hydrogen-bond donors (Lipinski definition) is 1. The van der Waals surface area contributed by atoms with Crippen LogP contribution in [0.15, 0.2) is 46.9 Å². The molecule has 2 atom stereocenters. The summed E-state index contributed by atoms with van der Waals surface area (Å²) in [6.45, 7) is 4.42. The van der Waals surface area contributed by atoms with E-state index in [1.54, 1.807) is 35.2 Å². The molecule has 0 radical (unpaired) electrons. The Hall–Kier alpha value is -2.45. The van der Waals surface area contributed by atoms with Crippen molar-refractivity contribution in [2.24, 2.45) is 0 Å². The number of rotatable bonds is 5. The van der Waals surface area contributed by atoms with E-state index in [0.717, 1.165) is 0 Å². The summed E-state index contributed by atoms with van der Waals surface area (Å²) >= 11 is 3.16. The minimum atomic E-state index is -0.571. The van der Waals surface area contributed by atoms with Gasteiger partial charge in [0, 0.05) is 17.6 Å². The van der Waals surface area contributed by atoms with Crippen LogP contribution >= 0.6 is 15.9 Å². The summed E-state index contributed by atoms with van der Waals surface area (Å²) in [4.78, 5) is 27.0. The maximum absolute atomic E-state index is 13.8. The largest absolute Gasteiger partial charge is 0.481 e. The molecule has 2 aromatic rings. The van der Waals surface area contributed by atoms with Gasteiger partial charge in [0.1, 0.15) is 0 Å². The molecule has 1 aliphatic heterocycles. The molecule has 6 nitrogen and oxygen atoms in total. The summed E-state index contributed by atoms with van der Waals surface area (Å²) in [5.41, 5.74) is 0.770. The second-order valence-corrected chi connectivity index (χ2v) is 7.84. The third kappa shape index (κ3) is 5.55. The number of hydrogen-bond acceptors (Lipinski definition) is 4. The van der Waals surface area contributed by atoms with Crippen molar-refractivity contribution in [1.82, 2.24) is 4.90 Å². The Labute approximate surface area is 177 Å². The zero-order chi connectivity index (χ0) is 21.0. The van der Waals surface area contributed by atoms with Gasteiger partial charge in [0.2, 0.25) is 0 Å². The monoisotopic (exact) mass is 464 g/mol. The van der Waals surface area contributed by atoms with Crippen molar-refractivity contribution in [3.8, 4) is 5.75 Å². The van der Waals surface area contributed by atoms with E-state index in [0.29, 0.717) is 28.8 Å². The molecule has 0 aliphatic carbocycles. The highest BCUT2D eigenvalue weighted by Crippen LogP contribution is 2.22. The first-order valence-corrected chi connectivity index (χ1v) is 10.0. The zero-order valence-corrected chi connectivity index (χ0v) is 17.7. The standard InChI is InChI=1S/C21H22BrFN2O4/c1-13-10-25(11-14(2)29-13)21(27)16-5-3-4-6-18(16)24-20(26)12-28-19-8-7-15(22)9-17(19)23/h3-9,13-14H,10-12H2,1-2H3,(H,24,26). The Kier molecular flexibility index (Phi) is 6.87. The fourth-order valence-corrected chi connectivity index (χ4v) is 3.55. The molecule has 2 amide bonds. The van der Waals surface area contributed by atoms with Gasteiger partial charge in [-0.15, -0.1) is 0 Å². The van der Waals surface area contributed by atoms with Crippen molar-refractivity contribution in [2.45, 2.75) is 26.1 Å². The van der Waals surface area contributed by atoms with Crippen LogP contribution in [0.5, 0.6) is 5.75 Å². The molecule has 1 saturated heterocycles. The molecule has 0 spiro atoms. The average molecular weight is 465 g/mol. The van der Waals surface area contributed by atoms with Crippen molar-refractivity contribution in [1.29, 1.82) is 0 Å². The van der Waals surface area contributed by atoms with Crippen LogP contribution in [0, 0.1) is 5.82 Å². The minimum Gasteiger partial charge on any atom is -0.481 e. The number of anilines is 1. The van der Waals surface area contributed by atoms with Gasteiger partial charge in [-0.25, -0.2) is 4.39 Å². The SMILES string of the molecule is CC1CN(C(=O)c2ccccc2NC(=O)COc2ccc(Br)cc2F)CC(C)O1. The molecule has 0 aromatic heterocycles. The highest BCUT2D eigenvalue weighted by Gasteiger charge is 2.28. The fraction of sp³-hybridized carbons (Fsp3) is 0.333. The van der Waals surface area contributed by atoms with E-state index in [1.807, 2.05) is 13.8 Å². The lowest BCUT2D eigenvalue weighted by Crippen LogP contribution is -2.48. The van der Waals surface area contributed by atoms with Crippen LogP contribution in [-0.4, -0.2) is 48.6 Å². The van der Waals surface area contributed by atoms with Crippen molar-refractivity contribution >= 4 is 33.4 Å². The summed E-state index contributed by atoms with van der Waals surface area (Å²) in [6, 6.07) is 11.1. The number of amides is 2. The van der Waals surface area contributed by atoms with Crippen LogP contribution < -0.4 is 10.1 Å². The van der Waals surface area contributed by atoms with Crippen molar-refractivity contribution < 1.29 is 23.5 Å². The van der Waals surface area contributed by atoms with Crippen LogP contribution in [0.25, 0.3) is 0 Å². The van der Waals surface area contributed by atoms with Crippen LogP contribution in [0.4, 0.5) is 10.1 Å². The van der Waals surface area contributed by atoms with Gasteiger partial charge in [0.05, 0.1) is 23.5 Å². The molecule has 1 heterocycles. The number of nitrogens with one attached hydrogen (secondary N) is 1. The second-order valence-electron chi connectivity index (χ2n) is 6.92. The number of benzene rings is 2. The van der Waals surface area contributed by atoms with Gasteiger partial charge in [-0.05, 0) is 44.2 Å². The van der Waals surface area contributed by atoms with Crippen LogP contribution in [0.2, 0.25) is 0 Å². The van der Waals surface area contributed by atoms with Crippen molar-refractivity contribution in [2.75, 3.05) is 25.0 Å². The Morgan fingerprint density at radius 1 is 1.21 bits per heavy atom. The topological polar surface area (TPSA) is 67.9 Å². The van der Waals surface area contributed by atoms with Gasteiger partial charge < -0.3 is 19.7 Å². The van der Waals surface area contributed by atoms with Gasteiger partial charge in [-0.1, -0.05) is 28.1 Å². The lowest BCUT2D eigenvalue weighted by Gasteiger charge is -2.35. The molecule has 1 N–H and O–H groups in total. The van der Waals surface area contributed by atoms with Crippen molar-refractivity contribution in [3.05, 3.63) is 58.3 Å². The summed E-state index contributed by atoms with van der Waals surface area (Å²) in [5, 5.41) is 2.68. The molecule has 29 heavy (non-hydrogen) atoms. The van der Waals surface area contributed by atoms with E-state index in [4.69, 9.17) is 9.47 Å². The lowest BCUT2D eigenvalue weighted by molar-refractivity contribution is -0.118. The fourth-order valence-electron chi connectivity index (χ4n) is 3.21. The Balaban J connectivity index is 1.67. The first-order valence-electron chi connectivity index (χ1n) is 9.25.